The Morgan fingerprint density at radius 1 is 1.14 bits per heavy atom. The van der Waals surface area contributed by atoms with Gasteiger partial charge in [0, 0.05) is 0 Å². The highest BCUT2D eigenvalue weighted by atomic mass is 16.5. The van der Waals surface area contributed by atoms with Gasteiger partial charge in [0.2, 0.25) is 0 Å². The molecule has 0 aliphatic rings. The van der Waals surface area contributed by atoms with Crippen molar-refractivity contribution in [3.8, 4) is 0 Å². The first-order chi connectivity index (χ1) is 6.45. The molecule has 5 nitrogen and oxygen atoms in total. The van der Waals surface area contributed by atoms with Gasteiger partial charge in [-0.2, -0.15) is 0 Å². The lowest BCUT2D eigenvalue weighted by Crippen LogP contribution is -2.48. The second-order valence-corrected chi connectivity index (χ2v) is 3.61. The molecule has 1 radical (unpaired) electrons. The topological polar surface area (TPSA) is 90.2 Å². The van der Waals surface area contributed by atoms with Crippen LogP contribution in [0.1, 0.15) is 13.8 Å². The third kappa shape index (κ3) is 3.51. The molecule has 4 unspecified atom stereocenters. The van der Waals surface area contributed by atoms with Crippen molar-refractivity contribution in [2.45, 2.75) is 38.3 Å². The van der Waals surface area contributed by atoms with E-state index in [0.717, 1.165) is 0 Å². The smallest absolute Gasteiger partial charge is 0.114 e. The first-order valence-electron chi connectivity index (χ1n) is 4.51. The van der Waals surface area contributed by atoms with Crippen LogP contribution in [0.4, 0.5) is 0 Å². The second-order valence-electron chi connectivity index (χ2n) is 3.61. The molecule has 5 heteroatoms. The Morgan fingerprint density at radius 3 is 1.93 bits per heavy atom. The van der Waals surface area contributed by atoms with Gasteiger partial charge in [-0.3, -0.25) is 0 Å². The summed E-state index contributed by atoms with van der Waals surface area (Å²) in [5, 5.41) is 36.9. The molecule has 14 heavy (non-hydrogen) atoms. The molecule has 0 saturated heterocycles. The van der Waals surface area contributed by atoms with E-state index in [-0.39, 0.29) is 5.92 Å². The number of ether oxygens (including phenoxy) is 1. The van der Waals surface area contributed by atoms with Crippen LogP contribution in [0.15, 0.2) is 0 Å². The number of rotatable bonds is 6. The number of aliphatic hydroxyl groups excluding tert-OH is 4. The van der Waals surface area contributed by atoms with Crippen molar-refractivity contribution in [3.05, 3.63) is 7.11 Å². The summed E-state index contributed by atoms with van der Waals surface area (Å²) >= 11 is 0. The molecular weight excluding hydrogens is 188 g/mol. The minimum absolute atomic E-state index is 0.173. The van der Waals surface area contributed by atoms with E-state index in [0.29, 0.717) is 0 Å². The normalized spacial score (nSPS) is 20.6. The molecule has 0 saturated carbocycles. The van der Waals surface area contributed by atoms with Gasteiger partial charge >= 0.3 is 0 Å². The minimum Gasteiger partial charge on any atom is -0.394 e. The third-order valence-corrected chi connectivity index (χ3v) is 2.13. The Bertz CT molecular complexity index is 150. The lowest BCUT2D eigenvalue weighted by molar-refractivity contribution is -0.129. The maximum atomic E-state index is 9.56. The summed E-state index contributed by atoms with van der Waals surface area (Å²) in [6.07, 6.45) is -4.63. The van der Waals surface area contributed by atoms with Crippen molar-refractivity contribution in [1.29, 1.82) is 0 Å². The lowest BCUT2D eigenvalue weighted by atomic mass is 9.95. The molecule has 4 N–H and O–H groups in total. The second kappa shape index (κ2) is 6.31. The standard InChI is InChI=1S/C9H19O5/c1-5(2)7(12)8(13)9(14-3)6(11)4-10/h5-13H,3-4H2,1-2H3. The fraction of sp³-hybridized carbons (Fsp3) is 0.889. The summed E-state index contributed by atoms with van der Waals surface area (Å²) in [5.74, 6) is -0.173. The molecule has 0 aliphatic carbocycles. The molecule has 0 heterocycles. The molecule has 0 bridgehead atoms. The molecule has 0 aromatic heterocycles. The van der Waals surface area contributed by atoms with Crippen molar-refractivity contribution in [2.24, 2.45) is 5.92 Å². The summed E-state index contributed by atoms with van der Waals surface area (Å²) in [4.78, 5) is 0. The van der Waals surface area contributed by atoms with Crippen LogP contribution in [0.3, 0.4) is 0 Å². The fourth-order valence-corrected chi connectivity index (χ4v) is 1.13. The Morgan fingerprint density at radius 2 is 1.64 bits per heavy atom. The fourth-order valence-electron chi connectivity index (χ4n) is 1.13. The van der Waals surface area contributed by atoms with Crippen LogP contribution in [0.5, 0.6) is 0 Å². The monoisotopic (exact) mass is 207 g/mol. The Labute approximate surface area is 83.9 Å². The molecule has 0 amide bonds. The van der Waals surface area contributed by atoms with Crippen LogP contribution in [-0.4, -0.2) is 51.4 Å². The zero-order chi connectivity index (χ0) is 11.3. The summed E-state index contributed by atoms with van der Waals surface area (Å²) in [5.41, 5.74) is 0. The first kappa shape index (κ1) is 13.8. The molecule has 0 spiro atoms. The zero-order valence-corrected chi connectivity index (χ0v) is 8.50. The van der Waals surface area contributed by atoms with E-state index in [2.05, 4.69) is 11.8 Å². The van der Waals surface area contributed by atoms with Gasteiger partial charge < -0.3 is 25.2 Å². The summed E-state index contributed by atoms with van der Waals surface area (Å²) < 4.78 is 4.57. The van der Waals surface area contributed by atoms with Crippen LogP contribution in [0.2, 0.25) is 0 Å². The Kier molecular flexibility index (Phi) is 6.22. The molecule has 0 fully saturated rings. The SMILES string of the molecule is [CH2]OC(C(O)CO)C(O)C(O)C(C)C. The summed E-state index contributed by atoms with van der Waals surface area (Å²) in [6, 6.07) is 0. The number of hydrogen-bond acceptors (Lipinski definition) is 5. The van der Waals surface area contributed by atoms with Gasteiger partial charge in [0.25, 0.3) is 0 Å². The maximum Gasteiger partial charge on any atom is 0.114 e. The van der Waals surface area contributed by atoms with Crippen molar-refractivity contribution >= 4 is 0 Å². The van der Waals surface area contributed by atoms with Crippen LogP contribution < -0.4 is 0 Å². The van der Waals surface area contributed by atoms with Gasteiger partial charge in [0.05, 0.1) is 19.8 Å². The highest BCUT2D eigenvalue weighted by molar-refractivity contribution is 4.83. The van der Waals surface area contributed by atoms with Gasteiger partial charge in [-0.1, -0.05) is 13.8 Å². The molecule has 0 rings (SSSR count). The van der Waals surface area contributed by atoms with Crippen LogP contribution in [0.25, 0.3) is 0 Å². The molecular formula is C9H19O5. The molecule has 0 aromatic carbocycles. The van der Waals surface area contributed by atoms with Crippen molar-refractivity contribution in [3.63, 3.8) is 0 Å². The molecule has 4 atom stereocenters. The van der Waals surface area contributed by atoms with Crippen molar-refractivity contribution in [1.82, 2.24) is 0 Å². The van der Waals surface area contributed by atoms with Crippen molar-refractivity contribution in [2.75, 3.05) is 6.61 Å². The third-order valence-electron chi connectivity index (χ3n) is 2.13. The number of aliphatic hydroxyl groups is 4. The van der Waals surface area contributed by atoms with E-state index in [1.165, 1.54) is 0 Å². The highest BCUT2D eigenvalue weighted by Gasteiger charge is 2.33. The summed E-state index contributed by atoms with van der Waals surface area (Å²) in [6.45, 7) is 2.89. The van der Waals surface area contributed by atoms with Gasteiger partial charge in [0.1, 0.15) is 18.3 Å². The average molecular weight is 207 g/mol. The molecule has 0 aromatic rings. The Hall–Kier alpha value is -0.200. The van der Waals surface area contributed by atoms with Gasteiger partial charge in [0.15, 0.2) is 0 Å². The average Bonchev–Trinajstić information content (AvgIpc) is 2.16. The van der Waals surface area contributed by atoms with Crippen LogP contribution >= 0.6 is 0 Å². The van der Waals surface area contributed by atoms with E-state index < -0.39 is 31.0 Å². The van der Waals surface area contributed by atoms with E-state index in [9.17, 15) is 15.3 Å². The van der Waals surface area contributed by atoms with E-state index in [1.807, 2.05) is 0 Å². The van der Waals surface area contributed by atoms with Crippen molar-refractivity contribution < 1.29 is 25.2 Å². The van der Waals surface area contributed by atoms with E-state index in [1.54, 1.807) is 13.8 Å². The van der Waals surface area contributed by atoms with Gasteiger partial charge in [-0.15, -0.1) is 0 Å². The van der Waals surface area contributed by atoms with Gasteiger partial charge in [-0.25, -0.2) is 0 Å². The van der Waals surface area contributed by atoms with Crippen LogP contribution in [-0.2, 0) is 4.74 Å². The molecule has 0 aliphatic heterocycles. The zero-order valence-electron chi connectivity index (χ0n) is 8.50. The largest absolute Gasteiger partial charge is 0.394 e. The van der Waals surface area contributed by atoms with E-state index in [4.69, 9.17) is 5.11 Å². The van der Waals surface area contributed by atoms with Crippen LogP contribution in [0, 0.1) is 13.0 Å². The lowest BCUT2D eigenvalue weighted by Gasteiger charge is -2.30. The predicted octanol–water partition coefficient (Wildman–Crippen LogP) is -1.11. The van der Waals surface area contributed by atoms with E-state index >= 15 is 0 Å². The predicted molar refractivity (Wildman–Crippen MR) is 50.2 cm³/mol. The highest BCUT2D eigenvalue weighted by Crippen LogP contribution is 2.14. The minimum atomic E-state index is -1.27. The summed E-state index contributed by atoms with van der Waals surface area (Å²) in [7, 11) is 3.08. The molecule has 85 valence electrons. The quantitative estimate of drug-likeness (QED) is 0.443. The maximum absolute atomic E-state index is 9.56. The van der Waals surface area contributed by atoms with Gasteiger partial charge in [-0.05, 0) is 5.92 Å². The first-order valence-corrected chi connectivity index (χ1v) is 4.51. The Balaban J connectivity index is 4.37. The number of hydrogen-bond donors (Lipinski definition) is 4.